The van der Waals surface area contributed by atoms with Crippen LogP contribution >= 0.6 is 0 Å². The molecule has 5 heteroatoms. The molecule has 0 aliphatic heterocycles. The van der Waals surface area contributed by atoms with Gasteiger partial charge in [-0.05, 0) is 53.1 Å². The van der Waals surface area contributed by atoms with E-state index in [2.05, 4.69) is 10.3 Å². The van der Waals surface area contributed by atoms with Gasteiger partial charge in [0.1, 0.15) is 11.6 Å². The van der Waals surface area contributed by atoms with E-state index in [-0.39, 0.29) is 24.0 Å². The van der Waals surface area contributed by atoms with Crippen molar-refractivity contribution in [3.63, 3.8) is 0 Å². The zero-order valence-corrected chi connectivity index (χ0v) is 13.3. The molecule has 0 fully saturated rings. The lowest BCUT2D eigenvalue weighted by molar-refractivity contribution is -0.120. The number of nitrogens with zero attached hydrogens (tertiary/aromatic N) is 1. The van der Waals surface area contributed by atoms with Gasteiger partial charge in [0.2, 0.25) is 5.91 Å². The first-order chi connectivity index (χ1) is 12.1. The minimum atomic E-state index is -0.420. The Morgan fingerprint density at radius 3 is 1.96 bits per heavy atom. The second-order valence-corrected chi connectivity index (χ2v) is 5.64. The molecule has 1 amide bonds. The van der Waals surface area contributed by atoms with Crippen molar-refractivity contribution in [3.8, 4) is 0 Å². The number of carbonyl (C=O) groups is 1. The first-order valence-electron chi connectivity index (χ1n) is 7.81. The maximum Gasteiger partial charge on any atom is 0.225 e. The smallest absolute Gasteiger partial charge is 0.225 e. The van der Waals surface area contributed by atoms with E-state index in [9.17, 15) is 13.6 Å². The van der Waals surface area contributed by atoms with Crippen LogP contribution < -0.4 is 5.32 Å². The predicted octanol–water partition coefficient (Wildman–Crippen LogP) is 3.81. The van der Waals surface area contributed by atoms with E-state index in [1.165, 1.54) is 24.3 Å². The number of benzene rings is 2. The van der Waals surface area contributed by atoms with Crippen LogP contribution in [0.5, 0.6) is 0 Å². The second kappa shape index (κ2) is 7.66. The molecule has 1 unspecified atom stereocenters. The summed E-state index contributed by atoms with van der Waals surface area (Å²) in [6.07, 6.45) is 3.40. The number of carbonyl (C=O) groups excluding carboxylic acids is 1. The molecule has 3 aromatic rings. The Balaban J connectivity index is 1.81. The number of aromatic nitrogens is 1. The molecule has 2 aromatic carbocycles. The fourth-order valence-electron chi connectivity index (χ4n) is 2.57. The lowest BCUT2D eigenvalue weighted by Gasteiger charge is -2.20. The number of hydrogen-bond acceptors (Lipinski definition) is 2. The molecule has 0 aliphatic carbocycles. The molecular weight excluding hydrogens is 322 g/mol. The summed E-state index contributed by atoms with van der Waals surface area (Å²) in [5, 5.41) is 2.95. The van der Waals surface area contributed by atoms with Gasteiger partial charge in [0.25, 0.3) is 0 Å². The van der Waals surface area contributed by atoms with Crippen molar-refractivity contribution in [1.82, 2.24) is 10.3 Å². The van der Waals surface area contributed by atoms with Crippen LogP contribution in [0.1, 0.15) is 22.7 Å². The number of nitrogens with one attached hydrogen (secondary N) is 1. The summed E-state index contributed by atoms with van der Waals surface area (Å²) in [4.78, 5) is 16.4. The number of amides is 1. The third kappa shape index (κ3) is 4.47. The second-order valence-electron chi connectivity index (χ2n) is 5.64. The Hall–Kier alpha value is -3.08. The molecule has 25 heavy (non-hydrogen) atoms. The van der Waals surface area contributed by atoms with Crippen LogP contribution in [-0.2, 0) is 11.2 Å². The molecule has 0 saturated heterocycles. The van der Waals surface area contributed by atoms with Gasteiger partial charge in [-0.1, -0.05) is 24.3 Å². The molecular formula is C20H16F2N2O. The lowest BCUT2D eigenvalue weighted by atomic mass is 9.99. The fraction of sp³-hybridized carbons (Fsp3) is 0.100. The molecule has 126 valence electrons. The molecule has 1 aromatic heterocycles. The van der Waals surface area contributed by atoms with Gasteiger partial charge in [-0.3, -0.25) is 9.78 Å². The summed E-state index contributed by atoms with van der Waals surface area (Å²) in [5.41, 5.74) is 2.32. The van der Waals surface area contributed by atoms with E-state index in [4.69, 9.17) is 0 Å². The highest BCUT2D eigenvalue weighted by atomic mass is 19.1. The topological polar surface area (TPSA) is 42.0 Å². The van der Waals surface area contributed by atoms with E-state index in [1.54, 1.807) is 48.8 Å². The molecule has 3 rings (SSSR count). The SMILES string of the molecule is O=C(Cc1ccc(F)cc1)NC(c1ccncc1)c1ccc(F)cc1. The Kier molecular flexibility index (Phi) is 5.14. The first-order valence-corrected chi connectivity index (χ1v) is 7.81. The number of hydrogen-bond donors (Lipinski definition) is 1. The van der Waals surface area contributed by atoms with Gasteiger partial charge < -0.3 is 5.32 Å². The average molecular weight is 338 g/mol. The summed E-state index contributed by atoms with van der Waals surface area (Å²) < 4.78 is 26.2. The number of pyridine rings is 1. The minimum Gasteiger partial charge on any atom is -0.345 e. The monoisotopic (exact) mass is 338 g/mol. The van der Waals surface area contributed by atoms with Gasteiger partial charge in [0.15, 0.2) is 0 Å². The van der Waals surface area contributed by atoms with E-state index in [1.807, 2.05) is 0 Å². The lowest BCUT2D eigenvalue weighted by Crippen LogP contribution is -2.30. The molecule has 0 saturated carbocycles. The standard InChI is InChI=1S/C20H16F2N2O/c21-17-5-1-14(2-6-17)13-19(25)24-20(16-9-11-23-12-10-16)15-3-7-18(22)8-4-15/h1-12,20H,13H2,(H,24,25). The maximum atomic E-state index is 13.2. The molecule has 0 bridgehead atoms. The van der Waals surface area contributed by atoms with Crippen molar-refractivity contribution in [3.05, 3.63) is 101 Å². The van der Waals surface area contributed by atoms with Gasteiger partial charge in [-0.2, -0.15) is 0 Å². The van der Waals surface area contributed by atoms with Gasteiger partial charge in [0, 0.05) is 12.4 Å². The Morgan fingerprint density at radius 1 is 0.840 bits per heavy atom. The van der Waals surface area contributed by atoms with Crippen LogP contribution in [0.2, 0.25) is 0 Å². The molecule has 1 heterocycles. The number of halogens is 2. The van der Waals surface area contributed by atoms with Crippen LogP contribution in [0, 0.1) is 11.6 Å². The summed E-state index contributed by atoms with van der Waals surface area (Å²) in [6.45, 7) is 0. The zero-order chi connectivity index (χ0) is 17.6. The minimum absolute atomic E-state index is 0.128. The highest BCUT2D eigenvalue weighted by Gasteiger charge is 2.17. The quantitative estimate of drug-likeness (QED) is 0.769. The van der Waals surface area contributed by atoms with Crippen LogP contribution in [0.4, 0.5) is 8.78 Å². The van der Waals surface area contributed by atoms with Crippen LogP contribution in [0.3, 0.4) is 0 Å². The van der Waals surface area contributed by atoms with Gasteiger partial charge in [-0.15, -0.1) is 0 Å². The molecule has 0 radical (unpaired) electrons. The Bertz CT molecular complexity index is 834. The third-order valence-electron chi connectivity index (χ3n) is 3.83. The predicted molar refractivity (Wildman–Crippen MR) is 90.7 cm³/mol. The Labute approximate surface area is 144 Å². The van der Waals surface area contributed by atoms with E-state index in [0.29, 0.717) is 5.56 Å². The van der Waals surface area contributed by atoms with Gasteiger partial charge in [-0.25, -0.2) is 8.78 Å². The number of rotatable bonds is 5. The fourth-order valence-corrected chi connectivity index (χ4v) is 2.57. The van der Waals surface area contributed by atoms with Crippen LogP contribution in [0.15, 0.2) is 73.1 Å². The van der Waals surface area contributed by atoms with Crippen molar-refractivity contribution in [2.75, 3.05) is 0 Å². The summed E-state index contributed by atoms with van der Waals surface area (Å²) in [6, 6.07) is 15.0. The average Bonchev–Trinajstić information content (AvgIpc) is 2.63. The molecule has 1 N–H and O–H groups in total. The largest absolute Gasteiger partial charge is 0.345 e. The Morgan fingerprint density at radius 2 is 1.36 bits per heavy atom. The molecule has 1 atom stereocenters. The van der Waals surface area contributed by atoms with E-state index < -0.39 is 6.04 Å². The van der Waals surface area contributed by atoms with Gasteiger partial charge in [0.05, 0.1) is 12.5 Å². The molecule has 3 nitrogen and oxygen atoms in total. The van der Waals surface area contributed by atoms with Crippen molar-refractivity contribution < 1.29 is 13.6 Å². The summed E-state index contributed by atoms with van der Waals surface area (Å²) in [7, 11) is 0. The van der Waals surface area contributed by atoms with Crippen molar-refractivity contribution in [2.24, 2.45) is 0 Å². The highest BCUT2D eigenvalue weighted by Crippen LogP contribution is 2.22. The van der Waals surface area contributed by atoms with Crippen LogP contribution in [-0.4, -0.2) is 10.9 Å². The zero-order valence-electron chi connectivity index (χ0n) is 13.3. The maximum absolute atomic E-state index is 13.2. The van der Waals surface area contributed by atoms with Crippen molar-refractivity contribution in [1.29, 1.82) is 0 Å². The van der Waals surface area contributed by atoms with Crippen LogP contribution in [0.25, 0.3) is 0 Å². The van der Waals surface area contributed by atoms with Crippen molar-refractivity contribution >= 4 is 5.91 Å². The highest BCUT2D eigenvalue weighted by molar-refractivity contribution is 5.79. The van der Waals surface area contributed by atoms with Crippen molar-refractivity contribution in [2.45, 2.75) is 12.5 Å². The first kappa shape index (κ1) is 16.8. The van der Waals surface area contributed by atoms with E-state index >= 15 is 0 Å². The molecule has 0 spiro atoms. The normalized spacial score (nSPS) is 11.8. The summed E-state index contributed by atoms with van der Waals surface area (Å²) in [5.74, 6) is -0.891. The third-order valence-corrected chi connectivity index (χ3v) is 3.83. The van der Waals surface area contributed by atoms with Gasteiger partial charge >= 0.3 is 0 Å². The summed E-state index contributed by atoms with van der Waals surface area (Å²) >= 11 is 0. The van der Waals surface area contributed by atoms with E-state index in [0.717, 1.165) is 11.1 Å². The molecule has 0 aliphatic rings.